The molecule has 2 aromatic rings. The minimum atomic E-state index is -5.11. The van der Waals surface area contributed by atoms with E-state index >= 15 is 0 Å². The van der Waals surface area contributed by atoms with Crippen LogP contribution in [0, 0.1) is 0 Å². The third-order valence-electron chi connectivity index (χ3n) is 2.99. The van der Waals surface area contributed by atoms with Crippen LogP contribution >= 0.6 is 0 Å². The number of hydrogen-bond acceptors (Lipinski definition) is 1. The van der Waals surface area contributed by atoms with Crippen LogP contribution in [-0.4, -0.2) is 6.36 Å². The average molecular weight is 356 g/mol. The molecule has 0 heterocycles. The molecule has 2 aromatic carbocycles. The largest absolute Gasteiger partial charge is 0.573 e. The van der Waals surface area contributed by atoms with Crippen molar-refractivity contribution in [2.75, 3.05) is 0 Å². The molecule has 1 nitrogen and oxygen atoms in total. The quantitative estimate of drug-likeness (QED) is 0.594. The Bertz CT molecular complexity index is 718. The number of hydrogen-bond donors (Lipinski definition) is 0. The Morgan fingerprint density at radius 3 is 2.00 bits per heavy atom. The summed E-state index contributed by atoms with van der Waals surface area (Å²) in [4.78, 5) is 0. The Hall–Kier alpha value is -2.32. The molecule has 0 unspecified atom stereocenters. The first-order valence-corrected chi connectivity index (χ1v) is 6.33. The van der Waals surface area contributed by atoms with E-state index in [-0.39, 0.29) is 5.56 Å². The fourth-order valence-electron chi connectivity index (χ4n) is 2.17. The van der Waals surface area contributed by atoms with E-state index in [1.165, 1.54) is 0 Å². The maximum atomic E-state index is 13.2. The van der Waals surface area contributed by atoms with Gasteiger partial charge in [0.2, 0.25) is 0 Å². The van der Waals surface area contributed by atoms with Crippen LogP contribution in [0.2, 0.25) is 0 Å². The smallest absolute Gasteiger partial charge is 0.406 e. The normalized spacial score (nSPS) is 12.5. The van der Waals surface area contributed by atoms with Gasteiger partial charge in [-0.2, -0.15) is 13.2 Å². The molecule has 0 aromatic heterocycles. The molecule has 24 heavy (non-hydrogen) atoms. The van der Waals surface area contributed by atoms with E-state index in [4.69, 9.17) is 0 Å². The predicted octanol–water partition coefficient (Wildman–Crippen LogP) is 6.21. The second kappa shape index (κ2) is 6.29. The standard InChI is InChI=1S/C15H8F8O/c16-13(17)11-6-2-5-10(12(11)14(18,19)20)8-3-1-4-9(7-8)24-15(21,22)23/h1-7,13H. The minimum Gasteiger partial charge on any atom is -0.406 e. The van der Waals surface area contributed by atoms with Crippen molar-refractivity contribution in [2.24, 2.45) is 0 Å². The maximum absolute atomic E-state index is 13.2. The summed E-state index contributed by atoms with van der Waals surface area (Å²) in [7, 11) is 0. The van der Waals surface area contributed by atoms with E-state index in [1.807, 2.05) is 0 Å². The molecule has 0 radical (unpaired) electrons. The summed E-state index contributed by atoms with van der Waals surface area (Å²) in [5.41, 5.74) is -3.83. The number of ether oxygens (including phenoxy) is 1. The van der Waals surface area contributed by atoms with Crippen molar-refractivity contribution in [3.63, 3.8) is 0 Å². The Morgan fingerprint density at radius 2 is 1.46 bits per heavy atom. The number of halogens is 8. The van der Waals surface area contributed by atoms with Crippen LogP contribution in [0.5, 0.6) is 5.75 Å². The lowest BCUT2D eigenvalue weighted by Gasteiger charge is -2.18. The van der Waals surface area contributed by atoms with Crippen molar-refractivity contribution < 1.29 is 39.9 Å². The predicted molar refractivity (Wildman–Crippen MR) is 68.5 cm³/mol. The molecule has 0 saturated heterocycles. The molecule has 0 fully saturated rings. The van der Waals surface area contributed by atoms with Crippen molar-refractivity contribution in [3.8, 4) is 16.9 Å². The van der Waals surface area contributed by atoms with Crippen molar-refractivity contribution in [1.82, 2.24) is 0 Å². The van der Waals surface area contributed by atoms with Crippen LogP contribution in [-0.2, 0) is 6.18 Å². The van der Waals surface area contributed by atoms with Crippen molar-refractivity contribution >= 4 is 0 Å². The van der Waals surface area contributed by atoms with Crippen LogP contribution in [0.3, 0.4) is 0 Å². The zero-order chi connectivity index (χ0) is 18.1. The molecule has 2 rings (SSSR count). The molecule has 130 valence electrons. The Morgan fingerprint density at radius 1 is 0.833 bits per heavy atom. The van der Waals surface area contributed by atoms with E-state index in [0.717, 1.165) is 30.3 Å². The molecule has 9 heteroatoms. The summed E-state index contributed by atoms with van der Waals surface area (Å²) >= 11 is 0. The molecule has 0 bridgehead atoms. The van der Waals surface area contributed by atoms with Crippen molar-refractivity contribution in [1.29, 1.82) is 0 Å². The summed E-state index contributed by atoms with van der Waals surface area (Å²) in [5.74, 6) is -0.754. The molecular weight excluding hydrogens is 348 g/mol. The third-order valence-corrected chi connectivity index (χ3v) is 2.99. The van der Waals surface area contributed by atoms with Gasteiger partial charge in [0.1, 0.15) is 5.75 Å². The fraction of sp³-hybridized carbons (Fsp3) is 0.200. The molecule has 0 saturated carbocycles. The highest BCUT2D eigenvalue weighted by Crippen LogP contribution is 2.43. The molecule has 0 aliphatic carbocycles. The van der Waals surface area contributed by atoms with E-state index in [9.17, 15) is 35.1 Å². The lowest BCUT2D eigenvalue weighted by Crippen LogP contribution is -2.17. The Kier molecular flexibility index (Phi) is 4.73. The van der Waals surface area contributed by atoms with Gasteiger partial charge in [-0.05, 0) is 23.3 Å². The molecule has 0 amide bonds. The zero-order valence-corrected chi connectivity index (χ0v) is 11.6. The lowest BCUT2D eigenvalue weighted by atomic mass is 9.95. The summed E-state index contributed by atoms with van der Waals surface area (Å²) in [5, 5.41) is 0. The van der Waals surface area contributed by atoms with Gasteiger partial charge in [0.25, 0.3) is 6.43 Å². The minimum absolute atomic E-state index is 0.327. The summed E-state index contributed by atoms with van der Waals surface area (Å²) in [6, 6.07) is 6.20. The summed E-state index contributed by atoms with van der Waals surface area (Å²) in [6.45, 7) is 0. The second-order valence-electron chi connectivity index (χ2n) is 4.64. The van der Waals surface area contributed by atoms with Gasteiger partial charge in [-0.3, -0.25) is 0 Å². The van der Waals surface area contributed by atoms with Gasteiger partial charge in [0.15, 0.2) is 0 Å². The lowest BCUT2D eigenvalue weighted by molar-refractivity contribution is -0.274. The SMILES string of the molecule is FC(F)c1cccc(-c2cccc(OC(F)(F)F)c2)c1C(F)(F)F. The average Bonchev–Trinajstić information content (AvgIpc) is 2.44. The Labute approximate surface area is 130 Å². The first-order valence-electron chi connectivity index (χ1n) is 6.33. The van der Waals surface area contributed by atoms with Crippen molar-refractivity contribution in [3.05, 3.63) is 53.6 Å². The van der Waals surface area contributed by atoms with Crippen LogP contribution in [0.15, 0.2) is 42.5 Å². The van der Waals surface area contributed by atoms with Gasteiger partial charge < -0.3 is 4.74 Å². The van der Waals surface area contributed by atoms with Crippen LogP contribution < -0.4 is 4.74 Å². The number of benzene rings is 2. The molecule has 0 atom stereocenters. The van der Waals surface area contributed by atoms with Gasteiger partial charge in [0, 0.05) is 5.56 Å². The van der Waals surface area contributed by atoms with E-state index in [0.29, 0.717) is 12.1 Å². The first-order chi connectivity index (χ1) is 11.0. The Balaban J connectivity index is 2.61. The first kappa shape index (κ1) is 18.0. The number of rotatable bonds is 3. The summed E-state index contributed by atoms with van der Waals surface area (Å²) in [6.07, 6.45) is -13.5. The van der Waals surface area contributed by atoms with E-state index in [1.54, 1.807) is 0 Å². The van der Waals surface area contributed by atoms with Gasteiger partial charge in [0.05, 0.1) is 5.56 Å². The fourth-order valence-corrected chi connectivity index (χ4v) is 2.17. The van der Waals surface area contributed by atoms with Crippen LogP contribution in [0.25, 0.3) is 11.1 Å². The molecule has 0 N–H and O–H groups in total. The third kappa shape index (κ3) is 4.15. The van der Waals surface area contributed by atoms with Gasteiger partial charge in [-0.1, -0.05) is 30.3 Å². The highest BCUT2D eigenvalue weighted by atomic mass is 19.4. The second-order valence-corrected chi connectivity index (χ2v) is 4.64. The topological polar surface area (TPSA) is 9.23 Å². The molecule has 0 aliphatic rings. The van der Waals surface area contributed by atoms with Gasteiger partial charge in [-0.25, -0.2) is 8.78 Å². The summed E-state index contributed by atoms with van der Waals surface area (Å²) < 4.78 is 106. The molecule has 0 aliphatic heterocycles. The van der Waals surface area contributed by atoms with E-state index in [2.05, 4.69) is 4.74 Å². The monoisotopic (exact) mass is 356 g/mol. The highest BCUT2D eigenvalue weighted by Gasteiger charge is 2.38. The maximum Gasteiger partial charge on any atom is 0.573 e. The molecule has 0 spiro atoms. The highest BCUT2D eigenvalue weighted by molar-refractivity contribution is 5.71. The van der Waals surface area contributed by atoms with Crippen molar-refractivity contribution in [2.45, 2.75) is 19.0 Å². The van der Waals surface area contributed by atoms with Gasteiger partial charge in [-0.15, -0.1) is 13.2 Å². The van der Waals surface area contributed by atoms with Crippen LogP contribution in [0.4, 0.5) is 35.1 Å². The zero-order valence-electron chi connectivity index (χ0n) is 11.6. The van der Waals surface area contributed by atoms with Gasteiger partial charge >= 0.3 is 12.5 Å². The van der Waals surface area contributed by atoms with E-state index < -0.39 is 41.4 Å². The number of alkyl halides is 8. The van der Waals surface area contributed by atoms with Crippen LogP contribution in [0.1, 0.15) is 17.6 Å². The molecular formula is C15H8F8O.